The standard InChI is InChI=1S/C12H20N4O3/c1-2-16-10(9(13)7-15-16)11(17)14-8-12(18)3-5-19-6-4-12/h7,18H,2-6,8,13H2,1H3,(H,14,17). The van der Waals surface area contributed by atoms with E-state index < -0.39 is 5.60 Å². The molecule has 0 radical (unpaired) electrons. The molecular weight excluding hydrogens is 248 g/mol. The molecule has 0 bridgehead atoms. The van der Waals surface area contributed by atoms with Gasteiger partial charge in [-0.05, 0) is 6.92 Å². The summed E-state index contributed by atoms with van der Waals surface area (Å²) in [6.07, 6.45) is 2.51. The Hall–Kier alpha value is -1.60. The minimum absolute atomic E-state index is 0.198. The Morgan fingerprint density at radius 2 is 2.32 bits per heavy atom. The average Bonchev–Trinajstić information content (AvgIpc) is 2.78. The highest BCUT2D eigenvalue weighted by Gasteiger charge is 2.30. The number of rotatable bonds is 4. The quantitative estimate of drug-likeness (QED) is 0.699. The number of hydrogen-bond donors (Lipinski definition) is 3. The minimum atomic E-state index is -0.889. The first-order valence-electron chi connectivity index (χ1n) is 6.45. The van der Waals surface area contributed by atoms with E-state index in [1.54, 1.807) is 4.68 Å². The van der Waals surface area contributed by atoms with E-state index in [1.165, 1.54) is 6.20 Å². The van der Waals surface area contributed by atoms with Gasteiger partial charge in [-0.25, -0.2) is 0 Å². The Morgan fingerprint density at radius 3 is 2.95 bits per heavy atom. The van der Waals surface area contributed by atoms with Crippen LogP contribution in [0.2, 0.25) is 0 Å². The van der Waals surface area contributed by atoms with Crippen LogP contribution in [-0.4, -0.2) is 46.2 Å². The third-order valence-corrected chi connectivity index (χ3v) is 3.38. The first-order chi connectivity index (χ1) is 9.06. The number of aryl methyl sites for hydroxylation is 1. The predicted molar refractivity (Wildman–Crippen MR) is 69.6 cm³/mol. The molecule has 1 aliphatic rings. The van der Waals surface area contributed by atoms with Crippen molar-refractivity contribution in [1.29, 1.82) is 0 Å². The largest absolute Gasteiger partial charge is 0.396 e. The number of carbonyl (C=O) groups excluding carboxylic acids is 1. The second-order valence-corrected chi connectivity index (χ2v) is 4.78. The molecule has 0 atom stereocenters. The molecule has 2 heterocycles. The van der Waals surface area contributed by atoms with E-state index in [9.17, 15) is 9.90 Å². The molecule has 2 rings (SSSR count). The maximum absolute atomic E-state index is 12.1. The number of nitrogens with zero attached hydrogens (tertiary/aromatic N) is 2. The summed E-state index contributed by atoms with van der Waals surface area (Å²) in [5, 5.41) is 17.0. The number of anilines is 1. The number of amides is 1. The van der Waals surface area contributed by atoms with E-state index in [0.717, 1.165) is 0 Å². The summed E-state index contributed by atoms with van der Waals surface area (Å²) in [6.45, 7) is 3.68. The van der Waals surface area contributed by atoms with Crippen LogP contribution >= 0.6 is 0 Å². The van der Waals surface area contributed by atoms with Crippen LogP contribution in [-0.2, 0) is 11.3 Å². The lowest BCUT2D eigenvalue weighted by molar-refractivity contribution is -0.0605. The fourth-order valence-corrected chi connectivity index (χ4v) is 2.14. The van der Waals surface area contributed by atoms with Gasteiger partial charge in [-0.3, -0.25) is 9.48 Å². The molecule has 1 aromatic rings. The molecule has 1 aromatic heterocycles. The van der Waals surface area contributed by atoms with Gasteiger partial charge in [0, 0.05) is 39.1 Å². The van der Waals surface area contributed by atoms with Crippen molar-refractivity contribution in [3.63, 3.8) is 0 Å². The Bertz CT molecular complexity index is 452. The highest BCUT2D eigenvalue weighted by molar-refractivity contribution is 5.97. The maximum atomic E-state index is 12.1. The first-order valence-corrected chi connectivity index (χ1v) is 6.45. The number of nitrogen functional groups attached to an aromatic ring is 1. The summed E-state index contributed by atoms with van der Waals surface area (Å²) in [4.78, 5) is 12.1. The van der Waals surface area contributed by atoms with E-state index in [4.69, 9.17) is 10.5 Å². The Labute approximate surface area is 111 Å². The summed E-state index contributed by atoms with van der Waals surface area (Å²) in [7, 11) is 0. The van der Waals surface area contributed by atoms with Crippen molar-refractivity contribution in [3.8, 4) is 0 Å². The predicted octanol–water partition coefficient (Wildman–Crippen LogP) is -0.243. The van der Waals surface area contributed by atoms with Gasteiger partial charge in [-0.15, -0.1) is 0 Å². The third-order valence-electron chi connectivity index (χ3n) is 3.38. The van der Waals surface area contributed by atoms with Crippen molar-refractivity contribution in [2.75, 3.05) is 25.5 Å². The molecule has 0 saturated carbocycles. The lowest BCUT2D eigenvalue weighted by Crippen LogP contribution is -2.47. The van der Waals surface area contributed by atoms with Crippen LogP contribution < -0.4 is 11.1 Å². The smallest absolute Gasteiger partial charge is 0.271 e. The van der Waals surface area contributed by atoms with Crippen molar-refractivity contribution in [1.82, 2.24) is 15.1 Å². The topological polar surface area (TPSA) is 102 Å². The van der Waals surface area contributed by atoms with E-state index in [1.807, 2.05) is 6.92 Å². The molecule has 1 fully saturated rings. The molecule has 106 valence electrons. The zero-order valence-electron chi connectivity index (χ0n) is 11.1. The summed E-state index contributed by atoms with van der Waals surface area (Å²) in [5.74, 6) is -0.309. The molecular formula is C12H20N4O3. The Balaban J connectivity index is 1.99. The number of nitrogens with two attached hydrogens (primary N) is 1. The molecule has 1 aliphatic heterocycles. The number of hydrogen-bond acceptors (Lipinski definition) is 5. The van der Waals surface area contributed by atoms with Crippen molar-refractivity contribution in [2.45, 2.75) is 31.9 Å². The van der Waals surface area contributed by atoms with Crippen LogP contribution in [0.25, 0.3) is 0 Å². The van der Waals surface area contributed by atoms with Crippen LogP contribution in [0, 0.1) is 0 Å². The van der Waals surface area contributed by atoms with Crippen molar-refractivity contribution in [3.05, 3.63) is 11.9 Å². The van der Waals surface area contributed by atoms with Crippen molar-refractivity contribution < 1.29 is 14.6 Å². The van der Waals surface area contributed by atoms with Gasteiger partial charge in [0.25, 0.3) is 5.91 Å². The van der Waals surface area contributed by atoms with Gasteiger partial charge >= 0.3 is 0 Å². The fraction of sp³-hybridized carbons (Fsp3) is 0.667. The Morgan fingerprint density at radius 1 is 1.63 bits per heavy atom. The van der Waals surface area contributed by atoms with Gasteiger partial charge in [0.05, 0.1) is 17.5 Å². The fourth-order valence-electron chi connectivity index (χ4n) is 2.14. The normalized spacial score (nSPS) is 18.2. The monoisotopic (exact) mass is 268 g/mol. The van der Waals surface area contributed by atoms with Crippen LogP contribution in [0.3, 0.4) is 0 Å². The zero-order chi connectivity index (χ0) is 13.9. The maximum Gasteiger partial charge on any atom is 0.271 e. The van der Waals surface area contributed by atoms with E-state index in [-0.39, 0.29) is 12.5 Å². The van der Waals surface area contributed by atoms with E-state index in [0.29, 0.717) is 44.0 Å². The van der Waals surface area contributed by atoms with Gasteiger partial charge in [-0.1, -0.05) is 0 Å². The summed E-state index contributed by atoms with van der Waals surface area (Å²) in [6, 6.07) is 0. The summed E-state index contributed by atoms with van der Waals surface area (Å²) >= 11 is 0. The van der Waals surface area contributed by atoms with Crippen LogP contribution in [0.5, 0.6) is 0 Å². The number of ether oxygens (including phenoxy) is 1. The second kappa shape index (κ2) is 5.58. The first kappa shape index (κ1) is 13.8. The molecule has 1 saturated heterocycles. The minimum Gasteiger partial charge on any atom is -0.396 e. The highest BCUT2D eigenvalue weighted by Crippen LogP contribution is 2.19. The van der Waals surface area contributed by atoms with Crippen LogP contribution in [0.15, 0.2) is 6.20 Å². The molecule has 0 spiro atoms. The van der Waals surface area contributed by atoms with E-state index in [2.05, 4.69) is 10.4 Å². The molecule has 0 aromatic carbocycles. The van der Waals surface area contributed by atoms with Crippen LogP contribution in [0.4, 0.5) is 5.69 Å². The summed E-state index contributed by atoms with van der Waals surface area (Å²) < 4.78 is 6.73. The molecule has 0 unspecified atom stereocenters. The Kier molecular flexibility index (Phi) is 4.06. The lowest BCUT2D eigenvalue weighted by atomic mass is 9.94. The third kappa shape index (κ3) is 3.05. The molecule has 4 N–H and O–H groups in total. The molecule has 7 heteroatoms. The lowest BCUT2D eigenvalue weighted by Gasteiger charge is -2.32. The average molecular weight is 268 g/mol. The zero-order valence-corrected chi connectivity index (χ0v) is 11.1. The SMILES string of the molecule is CCn1ncc(N)c1C(=O)NCC1(O)CCOCC1. The molecule has 19 heavy (non-hydrogen) atoms. The van der Waals surface area contributed by atoms with Gasteiger partial charge in [-0.2, -0.15) is 5.10 Å². The van der Waals surface area contributed by atoms with Gasteiger partial charge in [0.1, 0.15) is 5.69 Å². The second-order valence-electron chi connectivity index (χ2n) is 4.78. The van der Waals surface area contributed by atoms with Crippen molar-refractivity contribution in [2.24, 2.45) is 0 Å². The molecule has 0 aliphatic carbocycles. The van der Waals surface area contributed by atoms with Crippen LogP contribution in [0.1, 0.15) is 30.3 Å². The van der Waals surface area contributed by atoms with Gasteiger partial charge < -0.3 is 20.9 Å². The van der Waals surface area contributed by atoms with Gasteiger partial charge in [0.15, 0.2) is 0 Å². The molecule has 1 amide bonds. The number of aromatic nitrogens is 2. The number of carbonyl (C=O) groups is 1. The van der Waals surface area contributed by atoms with Gasteiger partial charge in [0.2, 0.25) is 0 Å². The van der Waals surface area contributed by atoms with E-state index >= 15 is 0 Å². The summed E-state index contributed by atoms with van der Waals surface area (Å²) in [5.41, 5.74) is 5.53. The van der Waals surface area contributed by atoms with Crippen molar-refractivity contribution >= 4 is 11.6 Å². The molecule has 7 nitrogen and oxygen atoms in total. The highest BCUT2D eigenvalue weighted by atomic mass is 16.5. The number of aliphatic hydroxyl groups is 1. The number of nitrogens with one attached hydrogen (secondary N) is 1.